The topological polar surface area (TPSA) is 29.4 Å². The Bertz CT molecular complexity index is 664. The number of rotatable bonds is 1. The fraction of sp³-hybridized carbons (Fsp3) is 0.176. The van der Waals surface area contributed by atoms with Gasteiger partial charge in [0.25, 0.3) is 5.91 Å². The van der Waals surface area contributed by atoms with E-state index < -0.39 is 6.17 Å². The molecule has 2 aromatic rings. The summed E-state index contributed by atoms with van der Waals surface area (Å²) in [5.74, 6) is -0.389. The lowest BCUT2D eigenvalue weighted by molar-refractivity contribution is 0.100. The molecule has 0 radical (unpaired) electrons. The largest absolute Gasteiger partial charge is 0.277 e. The van der Waals surface area contributed by atoms with E-state index >= 15 is 0 Å². The van der Waals surface area contributed by atoms with Crippen molar-refractivity contribution in [2.45, 2.75) is 19.0 Å². The fourth-order valence-electron chi connectivity index (χ4n) is 2.46. The first kappa shape index (κ1) is 12.7. The van der Waals surface area contributed by atoms with E-state index in [0.717, 1.165) is 11.1 Å². The lowest BCUT2D eigenvalue weighted by atomic mass is 9.89. The monoisotopic (exact) mass is 267 g/mol. The van der Waals surface area contributed by atoms with E-state index in [1.54, 1.807) is 24.3 Å². The number of aryl methyl sites for hydroxylation is 1. The van der Waals surface area contributed by atoms with Gasteiger partial charge >= 0.3 is 0 Å². The molecule has 0 saturated heterocycles. The lowest BCUT2D eigenvalue weighted by Crippen LogP contribution is -2.25. The molecule has 0 aliphatic heterocycles. The molecule has 1 amide bonds. The molecule has 3 heteroatoms. The molecule has 0 fully saturated rings. The summed E-state index contributed by atoms with van der Waals surface area (Å²) in [6, 6.07) is 16.3. The Morgan fingerprint density at radius 3 is 2.55 bits per heavy atom. The van der Waals surface area contributed by atoms with E-state index in [4.69, 9.17) is 0 Å². The maximum atomic E-state index is 14.1. The van der Waals surface area contributed by atoms with Crippen LogP contribution in [0.2, 0.25) is 0 Å². The molecule has 0 heterocycles. The molecule has 0 aromatic heterocycles. The second kappa shape index (κ2) is 5.37. The van der Waals surface area contributed by atoms with Gasteiger partial charge < -0.3 is 0 Å². The number of amides is 1. The van der Waals surface area contributed by atoms with Crippen molar-refractivity contribution < 1.29 is 9.18 Å². The van der Waals surface area contributed by atoms with Crippen LogP contribution in [-0.2, 0) is 6.42 Å². The molecule has 0 spiro atoms. The van der Waals surface area contributed by atoms with E-state index in [1.807, 2.05) is 30.3 Å². The smallest absolute Gasteiger partial charge is 0.267 e. The number of aliphatic imine (C=N–C) groups is 1. The van der Waals surface area contributed by atoms with Gasteiger partial charge in [-0.15, -0.1) is 0 Å². The Morgan fingerprint density at radius 1 is 1.05 bits per heavy atom. The van der Waals surface area contributed by atoms with Gasteiger partial charge in [-0.1, -0.05) is 42.5 Å². The molecule has 0 N–H and O–H groups in total. The van der Waals surface area contributed by atoms with E-state index in [1.165, 1.54) is 0 Å². The van der Waals surface area contributed by atoms with E-state index in [0.29, 0.717) is 18.4 Å². The van der Waals surface area contributed by atoms with E-state index in [2.05, 4.69) is 4.99 Å². The number of fused-ring (bicyclic) bond motifs is 1. The Hall–Kier alpha value is -2.29. The van der Waals surface area contributed by atoms with Crippen LogP contribution >= 0.6 is 0 Å². The molecule has 0 bridgehead atoms. The standard InChI is InChI=1S/C17H14FNO/c18-15-11-10-12-6-4-5-9-14(12)16(15)19-17(20)13-7-2-1-3-8-13/h1-9,15H,10-11H2. The highest BCUT2D eigenvalue weighted by atomic mass is 19.1. The van der Waals surface area contributed by atoms with Crippen LogP contribution in [0, 0.1) is 0 Å². The second-order valence-corrected chi connectivity index (χ2v) is 4.83. The zero-order chi connectivity index (χ0) is 13.9. The van der Waals surface area contributed by atoms with Crippen LogP contribution in [0.25, 0.3) is 0 Å². The molecule has 1 atom stereocenters. The molecule has 1 unspecified atom stereocenters. The number of carbonyl (C=O) groups is 1. The summed E-state index contributed by atoms with van der Waals surface area (Å²) in [5.41, 5.74) is 2.56. The molecule has 1 aliphatic carbocycles. The number of halogens is 1. The summed E-state index contributed by atoms with van der Waals surface area (Å²) >= 11 is 0. The van der Waals surface area contributed by atoms with Crippen molar-refractivity contribution >= 4 is 11.6 Å². The van der Waals surface area contributed by atoms with Crippen LogP contribution in [-0.4, -0.2) is 17.8 Å². The van der Waals surface area contributed by atoms with Gasteiger partial charge in [0.2, 0.25) is 0 Å². The van der Waals surface area contributed by atoms with Crippen molar-refractivity contribution in [1.29, 1.82) is 0 Å². The Balaban J connectivity index is 2.01. The maximum absolute atomic E-state index is 14.1. The first-order valence-corrected chi connectivity index (χ1v) is 6.66. The third-order valence-corrected chi connectivity index (χ3v) is 3.50. The van der Waals surface area contributed by atoms with Gasteiger partial charge in [0.1, 0.15) is 6.17 Å². The molecule has 20 heavy (non-hydrogen) atoms. The third-order valence-electron chi connectivity index (χ3n) is 3.50. The van der Waals surface area contributed by atoms with Gasteiger partial charge in [-0.05, 0) is 30.5 Å². The van der Waals surface area contributed by atoms with Gasteiger partial charge in [-0.25, -0.2) is 9.38 Å². The van der Waals surface area contributed by atoms with Crippen LogP contribution < -0.4 is 0 Å². The fourth-order valence-corrected chi connectivity index (χ4v) is 2.46. The minimum absolute atomic E-state index is 0.265. The van der Waals surface area contributed by atoms with Gasteiger partial charge in [0.15, 0.2) is 0 Å². The minimum atomic E-state index is -1.17. The summed E-state index contributed by atoms with van der Waals surface area (Å²) < 4.78 is 14.1. The third kappa shape index (κ3) is 2.39. The SMILES string of the molecule is O=C(N=C1c2ccccc2CCC1F)c1ccccc1. The van der Waals surface area contributed by atoms with Crippen molar-refractivity contribution in [2.75, 3.05) is 0 Å². The number of carbonyl (C=O) groups excluding carboxylic acids is 1. The molecule has 2 aromatic carbocycles. The Kier molecular flexibility index (Phi) is 3.42. The lowest BCUT2D eigenvalue weighted by Gasteiger charge is -2.20. The Labute approximate surface area is 117 Å². The average Bonchev–Trinajstić information content (AvgIpc) is 2.51. The number of hydrogen-bond donors (Lipinski definition) is 0. The first-order valence-electron chi connectivity index (χ1n) is 6.66. The number of alkyl halides is 1. The Morgan fingerprint density at radius 2 is 1.75 bits per heavy atom. The van der Waals surface area contributed by atoms with Crippen molar-refractivity contribution in [3.8, 4) is 0 Å². The molecule has 1 aliphatic rings. The van der Waals surface area contributed by atoms with Gasteiger partial charge in [-0.2, -0.15) is 0 Å². The minimum Gasteiger partial charge on any atom is -0.267 e. The van der Waals surface area contributed by atoms with Crippen molar-refractivity contribution in [3.05, 3.63) is 71.3 Å². The summed E-state index contributed by atoms with van der Waals surface area (Å²) in [5, 5.41) is 0. The molecule has 0 saturated carbocycles. The van der Waals surface area contributed by atoms with Crippen LogP contribution in [0.15, 0.2) is 59.6 Å². The quantitative estimate of drug-likeness (QED) is 0.776. The van der Waals surface area contributed by atoms with Crippen LogP contribution in [0.4, 0.5) is 4.39 Å². The summed E-state index contributed by atoms with van der Waals surface area (Å²) in [4.78, 5) is 16.1. The second-order valence-electron chi connectivity index (χ2n) is 4.83. The van der Waals surface area contributed by atoms with Gasteiger partial charge in [0.05, 0.1) is 5.71 Å². The van der Waals surface area contributed by atoms with Crippen molar-refractivity contribution in [1.82, 2.24) is 0 Å². The number of nitrogens with zero attached hydrogens (tertiary/aromatic N) is 1. The highest BCUT2D eigenvalue weighted by Gasteiger charge is 2.25. The maximum Gasteiger partial charge on any atom is 0.277 e. The summed E-state index contributed by atoms with van der Waals surface area (Å²) in [7, 11) is 0. The number of benzene rings is 2. The number of hydrogen-bond acceptors (Lipinski definition) is 1. The molecule has 100 valence electrons. The normalized spacial score (nSPS) is 19.6. The van der Waals surface area contributed by atoms with E-state index in [-0.39, 0.29) is 11.6 Å². The highest BCUT2D eigenvalue weighted by Crippen LogP contribution is 2.24. The predicted octanol–water partition coefficient (Wildman–Crippen LogP) is 3.60. The van der Waals surface area contributed by atoms with Crippen LogP contribution in [0.1, 0.15) is 27.9 Å². The highest BCUT2D eigenvalue weighted by molar-refractivity contribution is 6.13. The average molecular weight is 267 g/mol. The van der Waals surface area contributed by atoms with Crippen molar-refractivity contribution in [2.24, 2.45) is 4.99 Å². The molecule has 2 nitrogen and oxygen atoms in total. The zero-order valence-electron chi connectivity index (χ0n) is 10.9. The summed E-state index contributed by atoms with van der Waals surface area (Å²) in [6.07, 6.45) is -0.0917. The van der Waals surface area contributed by atoms with Crippen LogP contribution in [0.5, 0.6) is 0 Å². The molecular weight excluding hydrogens is 253 g/mol. The molecular formula is C17H14FNO. The first-order chi connectivity index (χ1) is 9.75. The van der Waals surface area contributed by atoms with Crippen LogP contribution in [0.3, 0.4) is 0 Å². The summed E-state index contributed by atoms with van der Waals surface area (Å²) in [6.45, 7) is 0. The van der Waals surface area contributed by atoms with E-state index in [9.17, 15) is 9.18 Å². The van der Waals surface area contributed by atoms with Gasteiger partial charge in [-0.3, -0.25) is 4.79 Å². The van der Waals surface area contributed by atoms with Crippen molar-refractivity contribution in [3.63, 3.8) is 0 Å². The zero-order valence-corrected chi connectivity index (χ0v) is 10.9. The molecule has 3 rings (SSSR count). The van der Waals surface area contributed by atoms with Gasteiger partial charge in [0, 0.05) is 11.1 Å². The predicted molar refractivity (Wildman–Crippen MR) is 77.0 cm³/mol.